The Morgan fingerprint density at radius 3 is 2.03 bits per heavy atom. The number of carboxylic acid groups (broad SMARTS) is 1. The van der Waals surface area contributed by atoms with Gasteiger partial charge in [0, 0.05) is 12.0 Å². The first-order chi connectivity index (χ1) is 15.0. The summed E-state index contributed by atoms with van der Waals surface area (Å²) in [6, 6.07) is 22.8. The number of nitrogens with two attached hydrogens (primary N) is 1. The molecular weight excluding hydrogens is 390 g/mol. The Morgan fingerprint density at radius 2 is 1.48 bits per heavy atom. The van der Waals surface area contributed by atoms with Crippen LogP contribution in [0.4, 0.5) is 0 Å². The average Bonchev–Trinajstić information content (AvgIpc) is 3.07. The molecule has 0 fully saturated rings. The number of esters is 1. The number of carbonyl (C=O) groups excluding carboxylic acids is 1. The van der Waals surface area contributed by atoms with E-state index in [1.807, 2.05) is 79.7 Å². The molecule has 0 amide bonds. The molecule has 3 N–H and O–H groups in total. The van der Waals surface area contributed by atoms with E-state index in [0.717, 1.165) is 33.4 Å². The van der Waals surface area contributed by atoms with E-state index < -0.39 is 23.9 Å². The van der Waals surface area contributed by atoms with Gasteiger partial charge in [0.1, 0.15) is 6.61 Å². The molecule has 0 spiro atoms. The van der Waals surface area contributed by atoms with Crippen molar-refractivity contribution in [3.05, 3.63) is 95.1 Å². The fourth-order valence-corrected chi connectivity index (χ4v) is 4.27. The molecule has 0 bridgehead atoms. The first-order valence-corrected chi connectivity index (χ1v) is 10.3. The third-order valence-corrected chi connectivity index (χ3v) is 5.89. The zero-order valence-corrected chi connectivity index (χ0v) is 17.3. The Labute approximate surface area is 181 Å². The maximum Gasteiger partial charge on any atom is 0.321 e. The van der Waals surface area contributed by atoms with Crippen molar-refractivity contribution in [2.24, 2.45) is 11.7 Å². The first kappa shape index (κ1) is 20.8. The molecule has 158 valence electrons. The summed E-state index contributed by atoms with van der Waals surface area (Å²) in [4.78, 5) is 24.6. The van der Waals surface area contributed by atoms with Crippen LogP contribution in [0.25, 0.3) is 11.1 Å². The summed E-state index contributed by atoms with van der Waals surface area (Å²) in [5, 5.41) is 9.66. The molecule has 0 radical (unpaired) electrons. The molecule has 2 atom stereocenters. The fraction of sp³-hybridized carbons (Fsp3) is 0.231. The van der Waals surface area contributed by atoms with E-state index in [1.54, 1.807) is 0 Å². The van der Waals surface area contributed by atoms with Gasteiger partial charge in [-0.2, -0.15) is 0 Å². The van der Waals surface area contributed by atoms with Gasteiger partial charge in [0.15, 0.2) is 5.92 Å². The molecule has 5 nitrogen and oxygen atoms in total. The van der Waals surface area contributed by atoms with Gasteiger partial charge in [-0.25, -0.2) is 0 Å². The molecule has 1 unspecified atom stereocenters. The van der Waals surface area contributed by atoms with Crippen molar-refractivity contribution in [3.63, 3.8) is 0 Å². The van der Waals surface area contributed by atoms with Gasteiger partial charge in [-0.15, -0.1) is 0 Å². The summed E-state index contributed by atoms with van der Waals surface area (Å²) in [5.74, 6) is -3.61. The van der Waals surface area contributed by atoms with Crippen LogP contribution >= 0.6 is 0 Å². The van der Waals surface area contributed by atoms with Crippen LogP contribution in [0.5, 0.6) is 0 Å². The summed E-state index contributed by atoms with van der Waals surface area (Å²) in [7, 11) is 0. The second-order valence-electron chi connectivity index (χ2n) is 8.03. The van der Waals surface area contributed by atoms with E-state index in [-0.39, 0.29) is 18.9 Å². The van der Waals surface area contributed by atoms with Crippen LogP contribution in [0.15, 0.2) is 72.8 Å². The van der Waals surface area contributed by atoms with Crippen molar-refractivity contribution >= 4 is 11.9 Å². The molecule has 0 saturated carbocycles. The van der Waals surface area contributed by atoms with Gasteiger partial charge in [0.05, 0.1) is 0 Å². The summed E-state index contributed by atoms with van der Waals surface area (Å²) in [6.45, 7) is 2.05. The Balaban J connectivity index is 1.49. The number of fused-ring (bicyclic) bond motifs is 3. The van der Waals surface area contributed by atoms with Crippen LogP contribution in [0.2, 0.25) is 0 Å². The lowest BCUT2D eigenvalue weighted by Gasteiger charge is -2.21. The number of hydrogen-bond donors (Lipinski definition) is 2. The molecule has 0 aliphatic heterocycles. The van der Waals surface area contributed by atoms with Crippen molar-refractivity contribution in [2.45, 2.75) is 25.3 Å². The van der Waals surface area contributed by atoms with Gasteiger partial charge < -0.3 is 15.6 Å². The van der Waals surface area contributed by atoms with Crippen LogP contribution in [-0.2, 0) is 20.7 Å². The molecule has 1 aliphatic rings. The number of aryl methyl sites for hydroxylation is 1. The van der Waals surface area contributed by atoms with E-state index in [4.69, 9.17) is 10.5 Å². The molecule has 0 aromatic heterocycles. The van der Waals surface area contributed by atoms with Crippen LogP contribution in [-0.4, -0.2) is 29.7 Å². The van der Waals surface area contributed by atoms with Crippen molar-refractivity contribution in [1.29, 1.82) is 0 Å². The number of benzene rings is 3. The lowest BCUT2D eigenvalue weighted by Crippen LogP contribution is -2.43. The average molecular weight is 415 g/mol. The van der Waals surface area contributed by atoms with Gasteiger partial charge >= 0.3 is 11.9 Å². The predicted molar refractivity (Wildman–Crippen MR) is 119 cm³/mol. The second kappa shape index (κ2) is 8.74. The van der Waals surface area contributed by atoms with E-state index in [9.17, 15) is 14.7 Å². The maximum absolute atomic E-state index is 12.8. The van der Waals surface area contributed by atoms with Gasteiger partial charge in [-0.3, -0.25) is 9.59 Å². The summed E-state index contributed by atoms with van der Waals surface area (Å²) in [5.41, 5.74) is 12.5. The van der Waals surface area contributed by atoms with Gasteiger partial charge in [0.2, 0.25) is 0 Å². The summed E-state index contributed by atoms with van der Waals surface area (Å²) < 4.78 is 5.54. The highest BCUT2D eigenvalue weighted by Gasteiger charge is 2.36. The smallest absolute Gasteiger partial charge is 0.321 e. The predicted octanol–water partition coefficient (Wildman–Crippen LogP) is 3.92. The molecule has 3 aromatic carbocycles. The van der Waals surface area contributed by atoms with E-state index in [0.29, 0.717) is 0 Å². The molecule has 5 heteroatoms. The zero-order valence-electron chi connectivity index (χ0n) is 17.3. The zero-order chi connectivity index (χ0) is 22.0. The highest BCUT2D eigenvalue weighted by molar-refractivity contribution is 5.95. The lowest BCUT2D eigenvalue weighted by atomic mass is 9.93. The largest absolute Gasteiger partial charge is 0.481 e. The number of hydrogen-bond acceptors (Lipinski definition) is 4. The Bertz CT molecular complexity index is 1060. The molecule has 0 saturated heterocycles. The van der Waals surface area contributed by atoms with Crippen molar-refractivity contribution in [3.8, 4) is 11.1 Å². The molecule has 0 heterocycles. The molecule has 3 aromatic rings. The number of rotatable bonds is 7. The van der Waals surface area contributed by atoms with Crippen LogP contribution < -0.4 is 5.73 Å². The van der Waals surface area contributed by atoms with Crippen molar-refractivity contribution in [1.82, 2.24) is 0 Å². The standard InChI is InChI=1S/C26H25NO4/c1-16-10-12-17(13-11-16)14-23(27)24(25(28)29)26(30)31-15-22-20-8-4-2-6-18(20)19-7-3-5-9-21(19)22/h2-13,22-24H,14-15,27H2,1H3,(H,28,29)/t23?,24-/m1/s1. The highest BCUT2D eigenvalue weighted by atomic mass is 16.5. The van der Waals surface area contributed by atoms with E-state index in [2.05, 4.69) is 0 Å². The first-order valence-electron chi connectivity index (χ1n) is 10.3. The summed E-state index contributed by atoms with van der Waals surface area (Å²) in [6.07, 6.45) is 0.279. The monoisotopic (exact) mass is 415 g/mol. The van der Waals surface area contributed by atoms with Gasteiger partial charge in [-0.05, 0) is 41.2 Å². The van der Waals surface area contributed by atoms with Crippen LogP contribution in [0, 0.1) is 12.8 Å². The number of carboxylic acids is 1. The molecule has 1 aliphatic carbocycles. The topological polar surface area (TPSA) is 89.6 Å². The minimum atomic E-state index is -1.42. The Morgan fingerprint density at radius 1 is 0.935 bits per heavy atom. The number of aliphatic carboxylic acids is 1. The normalized spacial score (nSPS) is 14.4. The highest BCUT2D eigenvalue weighted by Crippen LogP contribution is 2.44. The minimum Gasteiger partial charge on any atom is -0.481 e. The quantitative estimate of drug-likeness (QED) is 0.451. The fourth-order valence-electron chi connectivity index (χ4n) is 4.27. The number of ether oxygens (including phenoxy) is 1. The SMILES string of the molecule is Cc1ccc(CC(N)[C@H](C(=O)O)C(=O)OCC2c3ccccc3-c3ccccc32)cc1. The molecule has 4 rings (SSSR count). The van der Waals surface area contributed by atoms with E-state index in [1.165, 1.54) is 0 Å². The lowest BCUT2D eigenvalue weighted by molar-refractivity contribution is -0.159. The number of carbonyl (C=O) groups is 2. The van der Waals surface area contributed by atoms with Crippen molar-refractivity contribution < 1.29 is 19.4 Å². The van der Waals surface area contributed by atoms with E-state index >= 15 is 0 Å². The van der Waals surface area contributed by atoms with Crippen LogP contribution in [0.1, 0.15) is 28.2 Å². The van der Waals surface area contributed by atoms with Gasteiger partial charge in [-0.1, -0.05) is 78.4 Å². The Hall–Kier alpha value is -3.44. The third kappa shape index (κ3) is 4.23. The van der Waals surface area contributed by atoms with Gasteiger partial charge in [0.25, 0.3) is 0 Å². The maximum atomic E-state index is 12.8. The Kier molecular flexibility index (Phi) is 5.87. The third-order valence-electron chi connectivity index (χ3n) is 5.89. The minimum absolute atomic E-state index is 0.0773. The summed E-state index contributed by atoms with van der Waals surface area (Å²) >= 11 is 0. The molecule has 31 heavy (non-hydrogen) atoms. The molecular formula is C26H25NO4. The van der Waals surface area contributed by atoms with Crippen LogP contribution in [0.3, 0.4) is 0 Å². The van der Waals surface area contributed by atoms with Crippen molar-refractivity contribution in [2.75, 3.05) is 6.61 Å². The second-order valence-corrected chi connectivity index (χ2v) is 8.03.